The van der Waals surface area contributed by atoms with Crippen molar-refractivity contribution >= 4 is 17.8 Å². The third-order valence-corrected chi connectivity index (χ3v) is 4.54. The molecule has 9 heteroatoms. The number of nitrogens with zero attached hydrogens (tertiary/aromatic N) is 3. The number of aliphatic imine (C=N–C) groups is 1. The van der Waals surface area contributed by atoms with Crippen LogP contribution >= 0.6 is 0 Å². The van der Waals surface area contributed by atoms with Crippen molar-refractivity contribution in [2.45, 2.75) is 43.3 Å². The number of piperazine rings is 1. The summed E-state index contributed by atoms with van der Waals surface area (Å²) in [5, 5.41) is 10.2. The van der Waals surface area contributed by atoms with E-state index in [4.69, 9.17) is 16.2 Å². The Morgan fingerprint density at radius 1 is 1.38 bits per heavy atom. The first-order chi connectivity index (χ1) is 9.93. The zero-order valence-electron chi connectivity index (χ0n) is 11.7. The number of hydrogen-bond donors (Lipinski definition) is 3. The molecular formula is C12H19N5O4. The third-order valence-electron chi connectivity index (χ3n) is 4.54. The van der Waals surface area contributed by atoms with E-state index in [-0.39, 0.29) is 11.9 Å². The maximum Gasteiger partial charge on any atom is 0.281 e. The molecule has 3 fully saturated rings. The van der Waals surface area contributed by atoms with Gasteiger partial charge in [-0.3, -0.25) is 9.59 Å². The normalized spacial score (nSPS) is 38.5. The van der Waals surface area contributed by atoms with Gasteiger partial charge in [0.2, 0.25) is 5.91 Å². The van der Waals surface area contributed by atoms with Crippen LogP contribution in [0.1, 0.15) is 19.3 Å². The highest BCUT2D eigenvalue weighted by Gasteiger charge is 2.65. The first-order valence-corrected chi connectivity index (χ1v) is 6.89. The van der Waals surface area contributed by atoms with Crippen molar-refractivity contribution in [1.29, 1.82) is 0 Å². The minimum absolute atomic E-state index is 0.137. The van der Waals surface area contributed by atoms with Crippen molar-refractivity contribution in [3.63, 3.8) is 0 Å². The van der Waals surface area contributed by atoms with Crippen LogP contribution in [0.5, 0.6) is 0 Å². The summed E-state index contributed by atoms with van der Waals surface area (Å²) in [4.78, 5) is 32.2. The predicted molar refractivity (Wildman–Crippen MR) is 71.5 cm³/mol. The molecule has 21 heavy (non-hydrogen) atoms. The molecule has 2 unspecified atom stereocenters. The smallest absolute Gasteiger partial charge is 0.281 e. The summed E-state index contributed by atoms with van der Waals surface area (Å²) >= 11 is 0. The number of nitrogens with two attached hydrogens (primary N) is 2. The predicted octanol–water partition coefficient (Wildman–Crippen LogP) is -2.47. The lowest BCUT2D eigenvalue weighted by atomic mass is 10.0. The Labute approximate surface area is 121 Å². The second-order valence-corrected chi connectivity index (χ2v) is 5.54. The molecule has 4 atom stereocenters. The molecule has 5 N–H and O–H groups in total. The van der Waals surface area contributed by atoms with Crippen molar-refractivity contribution in [3.8, 4) is 0 Å². The lowest BCUT2D eigenvalue weighted by Gasteiger charge is -2.47. The van der Waals surface area contributed by atoms with Gasteiger partial charge in [0.15, 0.2) is 5.96 Å². The standard InChI is InChI=1S/C12H19N5O4/c1-21-12-7(18)4-5-16(12)9(19)6-2-3-8(15-11(13)14)17(6)10(12)20/h6-8,18H,2-5H2,1H3,(H4,13,14,15)/t6?,7-,8+,12?/m1/s1. The highest BCUT2D eigenvalue weighted by atomic mass is 16.5. The SMILES string of the molecule is COC12C(=O)N3C(CC[C@H]3N=C(N)N)C(=O)N1CC[C@H]2O. The van der Waals surface area contributed by atoms with Crippen LogP contribution in [0.3, 0.4) is 0 Å². The summed E-state index contributed by atoms with van der Waals surface area (Å²) in [6, 6.07) is -0.584. The molecule has 3 rings (SSSR count). The van der Waals surface area contributed by atoms with E-state index in [2.05, 4.69) is 4.99 Å². The molecular weight excluding hydrogens is 278 g/mol. The van der Waals surface area contributed by atoms with Gasteiger partial charge in [0, 0.05) is 13.7 Å². The molecule has 3 aliphatic rings. The maximum atomic E-state index is 12.9. The molecule has 0 aromatic rings. The number of rotatable bonds is 2. The van der Waals surface area contributed by atoms with E-state index in [0.717, 1.165) is 0 Å². The monoisotopic (exact) mass is 297 g/mol. The van der Waals surface area contributed by atoms with E-state index in [9.17, 15) is 14.7 Å². The molecule has 2 amide bonds. The first-order valence-electron chi connectivity index (χ1n) is 6.89. The second-order valence-electron chi connectivity index (χ2n) is 5.54. The first kappa shape index (κ1) is 14.1. The van der Waals surface area contributed by atoms with E-state index < -0.39 is 29.9 Å². The van der Waals surface area contributed by atoms with Gasteiger partial charge >= 0.3 is 0 Å². The molecule has 0 bridgehead atoms. The zero-order valence-corrected chi connectivity index (χ0v) is 11.7. The Morgan fingerprint density at radius 2 is 2.10 bits per heavy atom. The molecule has 3 heterocycles. The van der Waals surface area contributed by atoms with E-state index >= 15 is 0 Å². The van der Waals surface area contributed by atoms with E-state index in [0.29, 0.717) is 25.8 Å². The highest BCUT2D eigenvalue weighted by Crippen LogP contribution is 2.42. The Balaban J connectivity index is 2.04. The number of aliphatic hydroxyl groups is 1. The summed E-state index contributed by atoms with van der Waals surface area (Å²) in [6.07, 6.45) is -0.333. The number of carbonyl (C=O) groups excluding carboxylic acids is 2. The number of hydrogen-bond acceptors (Lipinski definition) is 5. The van der Waals surface area contributed by atoms with Gasteiger partial charge < -0.3 is 31.1 Å². The van der Waals surface area contributed by atoms with Crippen molar-refractivity contribution in [2.75, 3.05) is 13.7 Å². The number of guanidine groups is 1. The number of fused-ring (bicyclic) bond motifs is 2. The van der Waals surface area contributed by atoms with Gasteiger partial charge in [0.25, 0.3) is 11.6 Å². The zero-order chi connectivity index (χ0) is 15.4. The molecule has 9 nitrogen and oxygen atoms in total. The van der Waals surface area contributed by atoms with Crippen molar-refractivity contribution < 1.29 is 19.4 Å². The largest absolute Gasteiger partial charge is 0.387 e. The molecule has 0 aromatic heterocycles. The Hall–Kier alpha value is -1.87. The molecule has 0 aromatic carbocycles. The highest BCUT2D eigenvalue weighted by molar-refractivity contribution is 6.00. The summed E-state index contributed by atoms with van der Waals surface area (Å²) in [6.45, 7) is 0.302. The number of ether oxygens (including phenoxy) is 1. The maximum absolute atomic E-state index is 12.9. The van der Waals surface area contributed by atoms with Crippen LogP contribution in [0, 0.1) is 0 Å². The van der Waals surface area contributed by atoms with Crippen LogP contribution in [0.2, 0.25) is 0 Å². The molecule has 0 radical (unpaired) electrons. The molecule has 0 saturated carbocycles. The second kappa shape index (κ2) is 4.57. The lowest BCUT2D eigenvalue weighted by Crippen LogP contribution is -2.72. The van der Waals surface area contributed by atoms with Crippen molar-refractivity contribution in [1.82, 2.24) is 9.80 Å². The summed E-state index contributed by atoms with van der Waals surface area (Å²) < 4.78 is 5.31. The van der Waals surface area contributed by atoms with Gasteiger partial charge in [0.1, 0.15) is 18.3 Å². The topological polar surface area (TPSA) is 134 Å². The van der Waals surface area contributed by atoms with Gasteiger partial charge in [0.05, 0.1) is 0 Å². The molecule has 116 valence electrons. The summed E-state index contributed by atoms with van der Waals surface area (Å²) in [5.41, 5.74) is 9.13. The molecule has 0 spiro atoms. The summed E-state index contributed by atoms with van der Waals surface area (Å²) in [5.74, 6) is -0.810. The van der Waals surface area contributed by atoms with Crippen LogP contribution in [-0.4, -0.2) is 70.4 Å². The van der Waals surface area contributed by atoms with Crippen LogP contribution in [-0.2, 0) is 14.3 Å². The third kappa shape index (κ3) is 1.67. The van der Waals surface area contributed by atoms with Crippen molar-refractivity contribution in [2.24, 2.45) is 16.5 Å². The molecule has 0 aliphatic carbocycles. The van der Waals surface area contributed by atoms with Gasteiger partial charge in [-0.15, -0.1) is 0 Å². The van der Waals surface area contributed by atoms with Gasteiger partial charge in [-0.2, -0.15) is 0 Å². The van der Waals surface area contributed by atoms with E-state index in [1.165, 1.54) is 16.9 Å². The number of methoxy groups -OCH3 is 1. The Morgan fingerprint density at radius 3 is 2.71 bits per heavy atom. The van der Waals surface area contributed by atoms with Crippen LogP contribution in [0.25, 0.3) is 0 Å². The molecule has 3 saturated heterocycles. The summed E-state index contributed by atoms with van der Waals surface area (Å²) in [7, 11) is 1.32. The fraction of sp³-hybridized carbons (Fsp3) is 0.750. The van der Waals surface area contributed by atoms with Crippen LogP contribution < -0.4 is 11.5 Å². The number of aliphatic hydroxyl groups excluding tert-OH is 1. The Bertz CT molecular complexity index is 520. The van der Waals surface area contributed by atoms with E-state index in [1.54, 1.807) is 0 Å². The fourth-order valence-electron chi connectivity index (χ4n) is 3.63. The lowest BCUT2D eigenvalue weighted by molar-refractivity contribution is -0.213. The molecule has 3 aliphatic heterocycles. The number of amides is 2. The van der Waals surface area contributed by atoms with Crippen LogP contribution in [0.15, 0.2) is 4.99 Å². The van der Waals surface area contributed by atoms with Gasteiger partial charge in [-0.1, -0.05) is 0 Å². The minimum Gasteiger partial charge on any atom is -0.387 e. The number of carbonyl (C=O) groups is 2. The van der Waals surface area contributed by atoms with Gasteiger partial charge in [-0.05, 0) is 19.3 Å². The van der Waals surface area contributed by atoms with E-state index in [1.807, 2.05) is 0 Å². The van der Waals surface area contributed by atoms with Crippen LogP contribution in [0.4, 0.5) is 0 Å². The van der Waals surface area contributed by atoms with Gasteiger partial charge in [-0.25, -0.2) is 4.99 Å². The minimum atomic E-state index is -1.64. The Kier molecular flexibility index (Phi) is 3.06. The average molecular weight is 297 g/mol. The fourth-order valence-corrected chi connectivity index (χ4v) is 3.63. The average Bonchev–Trinajstić information content (AvgIpc) is 2.98. The quantitative estimate of drug-likeness (QED) is 0.382. The van der Waals surface area contributed by atoms with Crippen molar-refractivity contribution in [3.05, 3.63) is 0 Å².